The summed E-state index contributed by atoms with van der Waals surface area (Å²) in [6.45, 7) is 7.58. The molecule has 3 heteroatoms. The second-order valence-corrected chi connectivity index (χ2v) is 7.38. The van der Waals surface area contributed by atoms with Gasteiger partial charge in [-0.05, 0) is 57.5 Å². The molecule has 2 heterocycles. The SMILES string of the molecule is CCCC1CCC(N)C(N2CCC(N3CCCC3)C2)C1. The van der Waals surface area contributed by atoms with E-state index in [4.69, 9.17) is 5.73 Å². The van der Waals surface area contributed by atoms with Gasteiger partial charge in [-0.25, -0.2) is 0 Å². The second kappa shape index (κ2) is 6.76. The van der Waals surface area contributed by atoms with Gasteiger partial charge in [0.05, 0.1) is 0 Å². The van der Waals surface area contributed by atoms with Gasteiger partial charge in [-0.15, -0.1) is 0 Å². The maximum atomic E-state index is 6.46. The van der Waals surface area contributed by atoms with Gasteiger partial charge in [0, 0.05) is 31.2 Å². The van der Waals surface area contributed by atoms with E-state index < -0.39 is 0 Å². The minimum absolute atomic E-state index is 0.431. The summed E-state index contributed by atoms with van der Waals surface area (Å²) in [4.78, 5) is 5.48. The van der Waals surface area contributed by atoms with Gasteiger partial charge >= 0.3 is 0 Å². The molecule has 2 aliphatic heterocycles. The van der Waals surface area contributed by atoms with E-state index in [0.29, 0.717) is 12.1 Å². The summed E-state index contributed by atoms with van der Waals surface area (Å²) in [6.07, 6.45) is 10.9. The average molecular weight is 279 g/mol. The zero-order chi connectivity index (χ0) is 13.9. The van der Waals surface area contributed by atoms with Gasteiger partial charge in [-0.3, -0.25) is 9.80 Å². The van der Waals surface area contributed by atoms with Crippen LogP contribution in [0.1, 0.15) is 58.3 Å². The van der Waals surface area contributed by atoms with E-state index in [2.05, 4.69) is 16.7 Å². The first-order chi connectivity index (χ1) is 9.78. The van der Waals surface area contributed by atoms with E-state index in [1.165, 1.54) is 77.5 Å². The quantitative estimate of drug-likeness (QED) is 0.858. The Kier molecular flexibility index (Phi) is 5.00. The van der Waals surface area contributed by atoms with E-state index in [9.17, 15) is 0 Å². The topological polar surface area (TPSA) is 32.5 Å². The van der Waals surface area contributed by atoms with Crippen LogP contribution < -0.4 is 5.73 Å². The lowest BCUT2D eigenvalue weighted by Crippen LogP contribution is -2.51. The minimum atomic E-state index is 0.431. The molecule has 3 fully saturated rings. The zero-order valence-corrected chi connectivity index (χ0v) is 13.3. The van der Waals surface area contributed by atoms with Crippen LogP contribution in [0.25, 0.3) is 0 Å². The first kappa shape index (κ1) is 14.8. The molecule has 0 aromatic heterocycles. The second-order valence-electron chi connectivity index (χ2n) is 7.38. The molecule has 1 aliphatic carbocycles. The molecule has 2 N–H and O–H groups in total. The van der Waals surface area contributed by atoms with E-state index in [1.54, 1.807) is 0 Å². The Morgan fingerprint density at radius 2 is 1.80 bits per heavy atom. The van der Waals surface area contributed by atoms with Crippen LogP contribution in [0.2, 0.25) is 0 Å². The molecule has 116 valence electrons. The van der Waals surface area contributed by atoms with Crippen LogP contribution in [0, 0.1) is 5.92 Å². The molecule has 3 aliphatic rings. The molecule has 0 amide bonds. The summed E-state index contributed by atoms with van der Waals surface area (Å²) in [5.41, 5.74) is 6.46. The Morgan fingerprint density at radius 3 is 2.55 bits per heavy atom. The molecule has 1 saturated carbocycles. The van der Waals surface area contributed by atoms with Gasteiger partial charge in [0.1, 0.15) is 0 Å². The monoisotopic (exact) mass is 279 g/mol. The Hall–Kier alpha value is -0.120. The van der Waals surface area contributed by atoms with Crippen molar-refractivity contribution in [1.82, 2.24) is 9.80 Å². The molecule has 20 heavy (non-hydrogen) atoms. The summed E-state index contributed by atoms with van der Waals surface area (Å²) < 4.78 is 0. The standard InChI is InChI=1S/C17H33N3/c1-2-5-14-6-7-16(18)17(12-14)20-11-8-15(13-20)19-9-3-4-10-19/h14-17H,2-13,18H2,1H3. The van der Waals surface area contributed by atoms with Gasteiger partial charge in [0.15, 0.2) is 0 Å². The molecule has 4 atom stereocenters. The predicted molar refractivity (Wildman–Crippen MR) is 84.8 cm³/mol. The molecule has 0 radical (unpaired) electrons. The smallest absolute Gasteiger partial charge is 0.0250 e. The molecule has 0 aromatic carbocycles. The van der Waals surface area contributed by atoms with E-state index >= 15 is 0 Å². The van der Waals surface area contributed by atoms with E-state index in [0.717, 1.165) is 12.0 Å². The molecular formula is C17H33N3. The Morgan fingerprint density at radius 1 is 1.00 bits per heavy atom. The third-order valence-corrected chi connectivity index (χ3v) is 6.00. The van der Waals surface area contributed by atoms with Gasteiger partial charge in [-0.1, -0.05) is 19.8 Å². The van der Waals surface area contributed by atoms with Crippen LogP contribution >= 0.6 is 0 Å². The van der Waals surface area contributed by atoms with Crippen LogP contribution in [-0.2, 0) is 0 Å². The number of rotatable bonds is 4. The van der Waals surface area contributed by atoms with Gasteiger partial charge in [0.2, 0.25) is 0 Å². The summed E-state index contributed by atoms with van der Waals surface area (Å²) >= 11 is 0. The number of hydrogen-bond donors (Lipinski definition) is 1. The predicted octanol–water partition coefficient (Wildman–Crippen LogP) is 2.45. The normalized spacial score (nSPS) is 40.5. The van der Waals surface area contributed by atoms with Crippen molar-refractivity contribution in [3.8, 4) is 0 Å². The zero-order valence-electron chi connectivity index (χ0n) is 13.3. The Labute approximate surface area is 124 Å². The van der Waals surface area contributed by atoms with Crippen molar-refractivity contribution in [3.63, 3.8) is 0 Å². The van der Waals surface area contributed by atoms with Crippen molar-refractivity contribution in [2.45, 2.75) is 76.4 Å². The third-order valence-electron chi connectivity index (χ3n) is 6.00. The molecule has 3 nitrogen and oxygen atoms in total. The maximum Gasteiger partial charge on any atom is 0.0250 e. The van der Waals surface area contributed by atoms with E-state index in [1.807, 2.05) is 0 Å². The molecule has 0 aromatic rings. The van der Waals surface area contributed by atoms with Crippen LogP contribution in [0.5, 0.6) is 0 Å². The summed E-state index contributed by atoms with van der Waals surface area (Å²) in [6, 6.07) is 1.93. The molecule has 3 rings (SSSR count). The minimum Gasteiger partial charge on any atom is -0.326 e. The van der Waals surface area contributed by atoms with Crippen molar-refractivity contribution in [3.05, 3.63) is 0 Å². The average Bonchev–Trinajstić information content (AvgIpc) is 3.11. The van der Waals surface area contributed by atoms with Crippen molar-refractivity contribution in [2.75, 3.05) is 26.2 Å². The highest BCUT2D eigenvalue weighted by molar-refractivity contribution is 4.95. The number of likely N-dealkylation sites (tertiary alicyclic amines) is 2. The first-order valence-corrected chi connectivity index (χ1v) is 9.01. The molecule has 0 spiro atoms. The molecule has 4 unspecified atom stereocenters. The van der Waals surface area contributed by atoms with Crippen molar-refractivity contribution >= 4 is 0 Å². The highest BCUT2D eigenvalue weighted by Crippen LogP contribution is 2.32. The fraction of sp³-hybridized carbons (Fsp3) is 1.00. The van der Waals surface area contributed by atoms with Crippen molar-refractivity contribution < 1.29 is 0 Å². The van der Waals surface area contributed by atoms with E-state index in [-0.39, 0.29) is 0 Å². The highest BCUT2D eigenvalue weighted by Gasteiger charge is 2.37. The molecule has 0 bridgehead atoms. The van der Waals surface area contributed by atoms with Crippen LogP contribution in [0.3, 0.4) is 0 Å². The lowest BCUT2D eigenvalue weighted by molar-refractivity contribution is 0.121. The fourth-order valence-electron chi connectivity index (χ4n) is 4.82. The van der Waals surface area contributed by atoms with Gasteiger partial charge in [-0.2, -0.15) is 0 Å². The summed E-state index contributed by atoms with van der Waals surface area (Å²) in [5.74, 6) is 0.940. The lowest BCUT2D eigenvalue weighted by Gasteiger charge is -2.40. The number of nitrogens with zero attached hydrogens (tertiary/aromatic N) is 2. The Balaban J connectivity index is 1.55. The summed E-state index contributed by atoms with van der Waals surface area (Å²) in [5, 5.41) is 0. The fourth-order valence-corrected chi connectivity index (χ4v) is 4.82. The van der Waals surface area contributed by atoms with Crippen molar-refractivity contribution in [1.29, 1.82) is 0 Å². The van der Waals surface area contributed by atoms with Gasteiger partial charge < -0.3 is 5.73 Å². The first-order valence-electron chi connectivity index (χ1n) is 9.01. The number of nitrogens with two attached hydrogens (primary N) is 1. The summed E-state index contributed by atoms with van der Waals surface area (Å²) in [7, 11) is 0. The molecular weight excluding hydrogens is 246 g/mol. The third kappa shape index (κ3) is 3.20. The molecule has 2 saturated heterocycles. The van der Waals surface area contributed by atoms with Gasteiger partial charge in [0.25, 0.3) is 0 Å². The Bertz CT molecular complexity index is 301. The van der Waals surface area contributed by atoms with Crippen LogP contribution in [0.4, 0.5) is 0 Å². The maximum absolute atomic E-state index is 6.46. The largest absolute Gasteiger partial charge is 0.326 e. The van der Waals surface area contributed by atoms with Crippen molar-refractivity contribution in [2.24, 2.45) is 11.7 Å². The van der Waals surface area contributed by atoms with Crippen LogP contribution in [0.15, 0.2) is 0 Å². The van der Waals surface area contributed by atoms with Crippen LogP contribution in [-0.4, -0.2) is 54.1 Å². The number of hydrogen-bond acceptors (Lipinski definition) is 3. The lowest BCUT2D eigenvalue weighted by atomic mass is 9.80. The highest BCUT2D eigenvalue weighted by atomic mass is 15.3.